The number of carbonyl (C=O) groups excluding carboxylic acids is 1. The van der Waals surface area contributed by atoms with Gasteiger partial charge in [-0.1, -0.05) is 25.0 Å². The molecule has 1 aliphatic carbocycles. The monoisotopic (exact) mass is 559 g/mol. The molecule has 3 aliphatic rings. The lowest BCUT2D eigenvalue weighted by Gasteiger charge is -2.40. The Hall–Kier alpha value is -3.38. The number of piperidine rings is 2. The highest BCUT2D eigenvalue weighted by atomic mass is 16.6. The SMILES string of the molecule is C[C@@H]1[C@H](NC(=O)OC(C)(C)C)CCCN1c1cnc(C#N)c(Nc2ccc(C3CCN(C4CCCC4)CC3)cc2)n1. The summed E-state index contributed by atoms with van der Waals surface area (Å²) in [6.07, 6.45) is 11.0. The third kappa shape index (κ3) is 7.28. The number of anilines is 3. The number of rotatable bonds is 6. The van der Waals surface area contributed by atoms with Gasteiger partial charge in [0.05, 0.1) is 12.2 Å². The highest BCUT2D eigenvalue weighted by Gasteiger charge is 2.32. The molecular weight excluding hydrogens is 514 g/mol. The number of nitrogens with zero attached hydrogens (tertiary/aromatic N) is 5. The lowest BCUT2D eigenvalue weighted by Crippen LogP contribution is -2.55. The molecule has 1 aromatic heterocycles. The van der Waals surface area contributed by atoms with Crippen LogP contribution in [0.3, 0.4) is 0 Å². The van der Waals surface area contributed by atoms with Gasteiger partial charge in [-0.2, -0.15) is 5.26 Å². The predicted octanol–water partition coefficient (Wildman–Crippen LogP) is 6.10. The summed E-state index contributed by atoms with van der Waals surface area (Å²) in [4.78, 5) is 26.5. The molecule has 9 heteroatoms. The van der Waals surface area contributed by atoms with E-state index >= 15 is 0 Å². The van der Waals surface area contributed by atoms with Crippen LogP contribution >= 0.6 is 0 Å². The van der Waals surface area contributed by atoms with Crippen molar-refractivity contribution in [2.24, 2.45) is 0 Å². The minimum Gasteiger partial charge on any atom is -0.444 e. The number of benzene rings is 1. The zero-order chi connectivity index (χ0) is 29.0. The van der Waals surface area contributed by atoms with E-state index in [9.17, 15) is 10.1 Å². The maximum Gasteiger partial charge on any atom is 0.407 e. The third-order valence-electron chi connectivity index (χ3n) is 8.87. The van der Waals surface area contributed by atoms with Crippen molar-refractivity contribution in [2.75, 3.05) is 29.9 Å². The number of nitriles is 1. The number of hydrogen-bond donors (Lipinski definition) is 2. The largest absolute Gasteiger partial charge is 0.444 e. The van der Waals surface area contributed by atoms with Crippen LogP contribution in [-0.4, -0.2) is 64.3 Å². The first-order valence-electron chi connectivity index (χ1n) is 15.3. The van der Waals surface area contributed by atoms with Crippen molar-refractivity contribution in [1.29, 1.82) is 5.26 Å². The third-order valence-corrected chi connectivity index (χ3v) is 8.87. The van der Waals surface area contributed by atoms with Gasteiger partial charge in [0.1, 0.15) is 17.5 Å². The molecule has 1 amide bonds. The van der Waals surface area contributed by atoms with Crippen molar-refractivity contribution in [3.8, 4) is 6.07 Å². The summed E-state index contributed by atoms with van der Waals surface area (Å²) < 4.78 is 5.47. The Bertz CT molecular complexity index is 1220. The van der Waals surface area contributed by atoms with Gasteiger partial charge < -0.3 is 25.2 Å². The number of nitrogens with one attached hydrogen (secondary N) is 2. The van der Waals surface area contributed by atoms with Crippen LogP contribution in [0, 0.1) is 11.3 Å². The van der Waals surface area contributed by atoms with Crippen LogP contribution < -0.4 is 15.5 Å². The summed E-state index contributed by atoms with van der Waals surface area (Å²) in [6.45, 7) is 10.8. The Kier molecular flexibility index (Phi) is 8.98. The molecule has 41 heavy (non-hydrogen) atoms. The molecular formula is C32H45N7O2. The van der Waals surface area contributed by atoms with Crippen molar-refractivity contribution in [3.63, 3.8) is 0 Å². The molecule has 3 heterocycles. The number of likely N-dealkylation sites (tertiary alicyclic amines) is 1. The molecule has 2 saturated heterocycles. The highest BCUT2D eigenvalue weighted by Crippen LogP contribution is 2.33. The van der Waals surface area contributed by atoms with Crippen molar-refractivity contribution in [3.05, 3.63) is 41.7 Å². The summed E-state index contributed by atoms with van der Waals surface area (Å²) in [7, 11) is 0. The van der Waals surface area contributed by atoms with Crippen LogP contribution in [0.2, 0.25) is 0 Å². The van der Waals surface area contributed by atoms with Crippen LogP contribution in [-0.2, 0) is 4.74 Å². The summed E-state index contributed by atoms with van der Waals surface area (Å²) >= 11 is 0. The van der Waals surface area contributed by atoms with E-state index in [2.05, 4.69) is 62.7 Å². The first-order chi connectivity index (χ1) is 19.7. The van der Waals surface area contributed by atoms with E-state index in [4.69, 9.17) is 9.72 Å². The number of hydrogen-bond acceptors (Lipinski definition) is 8. The first-order valence-corrected chi connectivity index (χ1v) is 15.3. The first kappa shape index (κ1) is 29.1. The fourth-order valence-electron chi connectivity index (χ4n) is 6.65. The molecule has 5 rings (SSSR count). The zero-order valence-electron chi connectivity index (χ0n) is 25.0. The molecule has 2 atom stereocenters. The van der Waals surface area contributed by atoms with E-state index in [1.807, 2.05) is 20.8 Å². The van der Waals surface area contributed by atoms with E-state index in [1.54, 1.807) is 6.20 Å². The second-order valence-corrected chi connectivity index (χ2v) is 12.9. The molecule has 1 saturated carbocycles. The van der Waals surface area contributed by atoms with Gasteiger partial charge in [0.25, 0.3) is 0 Å². The minimum absolute atomic E-state index is 0.00859. The summed E-state index contributed by atoms with van der Waals surface area (Å²) in [5.74, 6) is 1.72. The summed E-state index contributed by atoms with van der Waals surface area (Å²) in [5, 5.41) is 16.1. The second-order valence-electron chi connectivity index (χ2n) is 12.9. The van der Waals surface area contributed by atoms with E-state index in [0.29, 0.717) is 17.6 Å². The van der Waals surface area contributed by atoms with Crippen molar-refractivity contribution >= 4 is 23.4 Å². The van der Waals surface area contributed by atoms with Crippen LogP contribution in [0.25, 0.3) is 0 Å². The lowest BCUT2D eigenvalue weighted by molar-refractivity contribution is 0.0489. The van der Waals surface area contributed by atoms with Crippen molar-refractivity contribution in [2.45, 2.75) is 109 Å². The number of aromatic nitrogens is 2. The van der Waals surface area contributed by atoms with Gasteiger partial charge in [0.15, 0.2) is 11.5 Å². The topological polar surface area (TPSA) is 106 Å². The molecule has 0 radical (unpaired) electrons. The van der Waals surface area contributed by atoms with Crippen LogP contribution in [0.1, 0.15) is 96.2 Å². The molecule has 2 N–H and O–H groups in total. The molecule has 0 spiro atoms. The molecule has 2 aromatic rings. The zero-order valence-corrected chi connectivity index (χ0v) is 25.0. The van der Waals surface area contributed by atoms with Gasteiger partial charge in [-0.15, -0.1) is 0 Å². The standard InChI is InChI=1S/C32H45N7O2/c1-22-27(36-31(40)41-32(2,3)4)10-7-17-39(22)29-21-34-28(20-33)30(37-29)35-25-13-11-23(12-14-25)24-15-18-38(19-16-24)26-8-5-6-9-26/h11-14,21-22,24,26-27H,5-10,15-19H2,1-4H3,(H,35,37)(H,36,40)/t22-,27-/m1/s1. The maximum absolute atomic E-state index is 12.4. The molecule has 9 nitrogen and oxygen atoms in total. The number of alkyl carbamates (subject to hydrolysis) is 1. The van der Waals surface area contributed by atoms with Crippen LogP contribution in [0.15, 0.2) is 30.5 Å². The van der Waals surface area contributed by atoms with Gasteiger partial charge in [0.2, 0.25) is 0 Å². The molecule has 220 valence electrons. The van der Waals surface area contributed by atoms with E-state index in [1.165, 1.54) is 57.2 Å². The fourth-order valence-corrected chi connectivity index (χ4v) is 6.65. The molecule has 0 bridgehead atoms. The molecule has 2 aliphatic heterocycles. The molecule has 0 unspecified atom stereocenters. The Balaban J connectivity index is 1.23. The minimum atomic E-state index is -0.550. The quantitative estimate of drug-likeness (QED) is 0.438. The van der Waals surface area contributed by atoms with Gasteiger partial charge in [-0.25, -0.2) is 14.8 Å². The van der Waals surface area contributed by atoms with Gasteiger partial charge in [0, 0.05) is 24.3 Å². The van der Waals surface area contributed by atoms with Gasteiger partial charge >= 0.3 is 6.09 Å². The van der Waals surface area contributed by atoms with Gasteiger partial charge in [-0.05, 0) is 103 Å². The number of amides is 1. The number of ether oxygens (including phenoxy) is 1. The maximum atomic E-state index is 12.4. The van der Waals surface area contributed by atoms with Crippen molar-refractivity contribution < 1.29 is 9.53 Å². The fraction of sp³-hybridized carbons (Fsp3) is 0.625. The van der Waals surface area contributed by atoms with Crippen LogP contribution in [0.4, 0.5) is 22.1 Å². The second kappa shape index (κ2) is 12.6. The highest BCUT2D eigenvalue weighted by molar-refractivity contribution is 5.68. The Labute approximate surface area is 244 Å². The predicted molar refractivity (Wildman–Crippen MR) is 161 cm³/mol. The Morgan fingerprint density at radius 1 is 1.02 bits per heavy atom. The molecule has 3 fully saturated rings. The normalized spacial score (nSPS) is 22.8. The number of carbonyl (C=O) groups is 1. The molecule has 1 aromatic carbocycles. The van der Waals surface area contributed by atoms with E-state index < -0.39 is 11.7 Å². The summed E-state index contributed by atoms with van der Waals surface area (Å²) in [5.41, 5.74) is 1.97. The van der Waals surface area contributed by atoms with E-state index in [0.717, 1.165) is 31.1 Å². The van der Waals surface area contributed by atoms with Gasteiger partial charge in [-0.3, -0.25) is 0 Å². The lowest BCUT2D eigenvalue weighted by atomic mass is 9.88. The average Bonchev–Trinajstić information content (AvgIpc) is 3.49. The van der Waals surface area contributed by atoms with Crippen molar-refractivity contribution in [1.82, 2.24) is 20.2 Å². The average molecular weight is 560 g/mol. The van der Waals surface area contributed by atoms with Crippen LogP contribution in [0.5, 0.6) is 0 Å². The Morgan fingerprint density at radius 3 is 2.39 bits per heavy atom. The van der Waals surface area contributed by atoms with E-state index in [-0.39, 0.29) is 17.8 Å². The summed E-state index contributed by atoms with van der Waals surface area (Å²) in [6, 6.07) is 11.5. The Morgan fingerprint density at radius 2 is 1.73 bits per heavy atom. The smallest absolute Gasteiger partial charge is 0.407 e.